The van der Waals surface area contributed by atoms with E-state index in [-0.39, 0.29) is 0 Å². The third-order valence-corrected chi connectivity index (χ3v) is 5.53. The first-order valence-corrected chi connectivity index (χ1v) is 7.83. The Labute approximate surface area is 82.4 Å². The molecule has 0 heterocycles. The van der Waals surface area contributed by atoms with Crippen molar-refractivity contribution in [1.82, 2.24) is 0 Å². The Bertz CT molecular complexity index is 184. The summed E-state index contributed by atoms with van der Waals surface area (Å²) in [6, 6.07) is 0. The average molecular weight is 261 g/mol. The number of rotatable bonds is 2. The smallest absolute Gasteiger partial charge is 0.196 e. The summed E-state index contributed by atoms with van der Waals surface area (Å²) >= 11 is 10.6. The lowest BCUT2D eigenvalue weighted by Gasteiger charge is -2.30. The van der Waals surface area contributed by atoms with E-state index >= 15 is 0 Å². The van der Waals surface area contributed by atoms with Gasteiger partial charge in [-0.2, -0.15) is 22.0 Å². The lowest BCUT2D eigenvalue weighted by atomic mass is 10.2. The summed E-state index contributed by atoms with van der Waals surface area (Å²) in [6.45, 7) is -1.80. The molecular weight excluding hydrogens is 254 g/mol. The molecule has 0 bridgehead atoms. The van der Waals surface area contributed by atoms with Crippen molar-refractivity contribution < 1.29 is 22.0 Å². The van der Waals surface area contributed by atoms with Crippen LogP contribution in [0.5, 0.6) is 0 Å². The molecule has 0 nitrogen and oxygen atoms in total. The number of halogens is 7. The van der Waals surface area contributed by atoms with Crippen LogP contribution in [0.25, 0.3) is 0 Å². The molecule has 13 heavy (non-hydrogen) atoms. The minimum Gasteiger partial charge on any atom is -0.196 e. The lowest BCUT2D eigenvalue weighted by molar-refractivity contribution is -0.282. The van der Waals surface area contributed by atoms with Gasteiger partial charge in [0.05, 0.1) is 5.54 Å². The summed E-state index contributed by atoms with van der Waals surface area (Å²) in [5, 5.41) is 0. The van der Waals surface area contributed by atoms with Crippen molar-refractivity contribution in [2.24, 2.45) is 0 Å². The van der Waals surface area contributed by atoms with Gasteiger partial charge in [0.15, 0.2) is 0 Å². The van der Waals surface area contributed by atoms with E-state index in [0.29, 0.717) is 6.92 Å². The van der Waals surface area contributed by atoms with Gasteiger partial charge < -0.3 is 0 Å². The highest BCUT2D eigenvalue weighted by Crippen LogP contribution is 2.50. The zero-order chi connectivity index (χ0) is 11.1. The van der Waals surface area contributed by atoms with Gasteiger partial charge in [-0.05, 0) is 6.55 Å². The van der Waals surface area contributed by atoms with Gasteiger partial charge in [0, 0.05) is 0 Å². The third-order valence-electron chi connectivity index (χ3n) is 1.68. The van der Waals surface area contributed by atoms with Crippen LogP contribution < -0.4 is 0 Å². The molecule has 0 aliphatic heterocycles. The topological polar surface area (TPSA) is 0 Å². The number of hydrogen-bond acceptors (Lipinski definition) is 0. The second-order valence-electron chi connectivity index (χ2n) is 2.80. The van der Waals surface area contributed by atoms with Gasteiger partial charge >= 0.3 is 12.1 Å². The van der Waals surface area contributed by atoms with Crippen LogP contribution in [0.2, 0.25) is 12.1 Å². The Balaban J connectivity index is 4.86. The minimum absolute atomic E-state index is 0.708. The van der Waals surface area contributed by atoms with Crippen LogP contribution in [-0.2, 0) is 0 Å². The highest BCUT2D eigenvalue weighted by atomic mass is 35.7. The highest BCUT2D eigenvalue weighted by molar-refractivity contribution is 7.45. The van der Waals surface area contributed by atoms with Crippen LogP contribution in [0, 0.1) is 0 Å². The molecule has 0 aliphatic rings. The summed E-state index contributed by atoms with van der Waals surface area (Å²) in [4.78, 5) is 0. The van der Waals surface area contributed by atoms with Gasteiger partial charge in [0.25, 0.3) is 6.69 Å². The molecule has 0 saturated carbocycles. The zero-order valence-electron chi connectivity index (χ0n) is 6.72. The zero-order valence-corrected chi connectivity index (χ0v) is 9.23. The van der Waals surface area contributed by atoms with Gasteiger partial charge in [-0.3, -0.25) is 0 Å². The fraction of sp³-hybridized carbons (Fsp3) is 1.00. The second-order valence-corrected chi connectivity index (χ2v) is 10.9. The minimum atomic E-state index is -5.59. The molecule has 0 radical (unpaired) electrons. The Morgan fingerprint density at radius 2 is 1.38 bits per heavy atom. The normalized spacial score (nSPS) is 17.3. The second kappa shape index (κ2) is 3.55. The van der Waals surface area contributed by atoms with Crippen molar-refractivity contribution in [3.05, 3.63) is 0 Å². The molecule has 0 N–H and O–H groups in total. The highest BCUT2D eigenvalue weighted by Gasteiger charge is 2.64. The van der Waals surface area contributed by atoms with Gasteiger partial charge in [-0.25, -0.2) is 0 Å². The van der Waals surface area contributed by atoms with E-state index < -0.39 is 24.3 Å². The van der Waals surface area contributed by atoms with E-state index in [1.54, 1.807) is 0 Å². The molecule has 8 heteroatoms. The summed E-state index contributed by atoms with van der Waals surface area (Å²) in [5.41, 5.74) is -2.07. The van der Waals surface area contributed by atoms with Crippen molar-refractivity contribution >= 4 is 28.9 Å². The van der Waals surface area contributed by atoms with E-state index in [0.717, 1.165) is 6.55 Å². The summed E-state index contributed by atoms with van der Waals surface area (Å²) < 4.78 is 60.4. The summed E-state index contributed by atoms with van der Waals surface area (Å²) in [7, 11) is 0. The molecule has 80 valence electrons. The molecule has 0 aliphatic carbocycles. The molecule has 0 fully saturated rings. The maximum absolute atomic E-state index is 12.6. The van der Waals surface area contributed by atoms with Crippen LogP contribution in [0.1, 0.15) is 6.92 Å². The first-order valence-electron chi connectivity index (χ1n) is 3.23. The van der Waals surface area contributed by atoms with Gasteiger partial charge in [0.1, 0.15) is 0 Å². The van der Waals surface area contributed by atoms with Crippen LogP contribution in [0.4, 0.5) is 22.0 Å². The standard InChI is InChI=1S/C5H7Cl2F5Si/c1-3(13(2,6)7)4(8,9)5(10,11)12/h3H,1-2H3. The van der Waals surface area contributed by atoms with Crippen molar-refractivity contribution in [2.45, 2.75) is 31.1 Å². The van der Waals surface area contributed by atoms with Gasteiger partial charge in [-0.15, -0.1) is 22.2 Å². The van der Waals surface area contributed by atoms with E-state index in [1.165, 1.54) is 0 Å². The number of hydrogen-bond donors (Lipinski definition) is 0. The van der Waals surface area contributed by atoms with Crippen LogP contribution in [0.3, 0.4) is 0 Å². The molecule has 0 amide bonds. The summed E-state index contributed by atoms with van der Waals surface area (Å²) in [5.74, 6) is -4.82. The van der Waals surface area contributed by atoms with Crippen molar-refractivity contribution in [3.63, 3.8) is 0 Å². The predicted octanol–water partition coefficient (Wildman–Crippen LogP) is 4.12. The van der Waals surface area contributed by atoms with Crippen LogP contribution in [-0.4, -0.2) is 18.8 Å². The fourth-order valence-electron chi connectivity index (χ4n) is 0.564. The van der Waals surface area contributed by atoms with Gasteiger partial charge in [-0.1, -0.05) is 6.92 Å². The molecule has 0 rings (SSSR count). The number of alkyl halides is 5. The summed E-state index contributed by atoms with van der Waals surface area (Å²) in [6.07, 6.45) is -5.59. The molecule has 1 atom stereocenters. The average Bonchev–Trinajstić information content (AvgIpc) is 1.81. The Morgan fingerprint density at radius 1 is 1.08 bits per heavy atom. The van der Waals surface area contributed by atoms with Crippen LogP contribution in [0.15, 0.2) is 0 Å². The largest absolute Gasteiger partial charge is 0.453 e. The third kappa shape index (κ3) is 2.95. The first-order chi connectivity index (χ1) is 5.40. The van der Waals surface area contributed by atoms with E-state index in [4.69, 9.17) is 22.2 Å². The molecule has 1 unspecified atom stereocenters. The molecule has 0 aromatic rings. The predicted molar refractivity (Wildman–Crippen MR) is 43.8 cm³/mol. The van der Waals surface area contributed by atoms with Crippen molar-refractivity contribution in [2.75, 3.05) is 0 Å². The SMILES string of the molecule is CC(C(F)(F)C(F)(F)F)[Si](C)(Cl)Cl. The van der Waals surface area contributed by atoms with Gasteiger partial charge in [0.2, 0.25) is 0 Å². The maximum Gasteiger partial charge on any atom is 0.453 e. The fourth-order valence-corrected chi connectivity index (χ4v) is 2.19. The lowest BCUT2D eigenvalue weighted by Crippen LogP contribution is -2.46. The quantitative estimate of drug-likeness (QED) is 0.398. The van der Waals surface area contributed by atoms with Crippen LogP contribution >= 0.6 is 22.2 Å². The van der Waals surface area contributed by atoms with Crippen molar-refractivity contribution in [3.8, 4) is 0 Å². The first kappa shape index (κ1) is 13.4. The van der Waals surface area contributed by atoms with Crippen molar-refractivity contribution in [1.29, 1.82) is 0 Å². The molecular formula is C5H7Cl2F5Si. The molecule has 0 aromatic carbocycles. The van der Waals surface area contributed by atoms with E-state index in [9.17, 15) is 22.0 Å². The Morgan fingerprint density at radius 3 is 1.46 bits per heavy atom. The molecule has 0 saturated heterocycles. The monoisotopic (exact) mass is 260 g/mol. The van der Waals surface area contributed by atoms with E-state index in [1.807, 2.05) is 0 Å². The Hall–Kier alpha value is 0.447. The molecule has 0 spiro atoms. The Kier molecular flexibility index (Phi) is 3.67. The van der Waals surface area contributed by atoms with E-state index in [2.05, 4.69) is 0 Å². The molecule has 0 aromatic heterocycles. The maximum atomic E-state index is 12.6.